The van der Waals surface area contributed by atoms with E-state index in [-0.39, 0.29) is 12.0 Å². The molecular formula is C14H13ClN2O2. The fourth-order valence-corrected chi connectivity index (χ4v) is 2.09. The number of fused-ring (bicyclic) bond motifs is 1. The van der Waals surface area contributed by atoms with Crippen LogP contribution in [0.15, 0.2) is 24.4 Å². The van der Waals surface area contributed by atoms with Gasteiger partial charge in [-0.1, -0.05) is 11.6 Å². The highest BCUT2D eigenvalue weighted by atomic mass is 35.5. The number of aromatic nitrogens is 1. The molecule has 0 radical (unpaired) electrons. The van der Waals surface area contributed by atoms with E-state index in [2.05, 4.69) is 10.3 Å². The molecule has 5 heteroatoms. The zero-order chi connectivity index (χ0) is 13.4. The van der Waals surface area contributed by atoms with Crippen molar-refractivity contribution >= 4 is 28.4 Å². The maximum Gasteiger partial charge on any atom is 0.251 e. The van der Waals surface area contributed by atoms with Gasteiger partial charge in [-0.25, -0.2) is 0 Å². The Morgan fingerprint density at radius 3 is 2.89 bits per heavy atom. The van der Waals surface area contributed by atoms with Gasteiger partial charge in [0, 0.05) is 24.2 Å². The van der Waals surface area contributed by atoms with Gasteiger partial charge in [0.1, 0.15) is 11.3 Å². The second kappa shape index (κ2) is 4.70. The highest BCUT2D eigenvalue weighted by Gasteiger charge is 2.25. The van der Waals surface area contributed by atoms with Crippen molar-refractivity contribution in [3.63, 3.8) is 0 Å². The molecule has 98 valence electrons. The molecule has 1 aromatic carbocycles. The van der Waals surface area contributed by atoms with Gasteiger partial charge >= 0.3 is 0 Å². The minimum Gasteiger partial charge on any atom is -0.488 e. The molecular weight excluding hydrogens is 264 g/mol. The van der Waals surface area contributed by atoms with Crippen LogP contribution in [0.4, 0.5) is 0 Å². The summed E-state index contributed by atoms with van der Waals surface area (Å²) in [5, 5.41) is 3.96. The minimum absolute atomic E-state index is 0.150. The van der Waals surface area contributed by atoms with Crippen LogP contribution in [0, 0.1) is 0 Å². The fourth-order valence-electron chi connectivity index (χ4n) is 1.92. The van der Waals surface area contributed by atoms with Crippen molar-refractivity contribution < 1.29 is 9.53 Å². The minimum atomic E-state index is -0.150. The van der Waals surface area contributed by atoms with Crippen LogP contribution >= 0.6 is 11.6 Å². The zero-order valence-corrected chi connectivity index (χ0v) is 11.2. The van der Waals surface area contributed by atoms with Crippen molar-refractivity contribution in [3.05, 3.63) is 35.0 Å². The Morgan fingerprint density at radius 1 is 1.42 bits per heavy atom. The summed E-state index contributed by atoms with van der Waals surface area (Å²) in [6.45, 7) is 0. The third kappa shape index (κ3) is 2.49. The highest BCUT2D eigenvalue weighted by Crippen LogP contribution is 2.33. The lowest BCUT2D eigenvalue weighted by molar-refractivity contribution is 0.0962. The van der Waals surface area contributed by atoms with Gasteiger partial charge in [-0.2, -0.15) is 0 Å². The van der Waals surface area contributed by atoms with Crippen molar-refractivity contribution in [3.8, 4) is 5.75 Å². The van der Waals surface area contributed by atoms with E-state index in [1.807, 2.05) is 0 Å². The van der Waals surface area contributed by atoms with Crippen molar-refractivity contribution in [2.75, 3.05) is 7.05 Å². The highest BCUT2D eigenvalue weighted by molar-refractivity contribution is 6.31. The number of halogens is 1. The summed E-state index contributed by atoms with van der Waals surface area (Å²) in [4.78, 5) is 16.1. The lowest BCUT2D eigenvalue weighted by Crippen LogP contribution is -2.18. The SMILES string of the molecule is CNC(=O)c1cc(OC2CC2)c2ncc(Cl)cc2c1. The molecule has 2 aromatic rings. The summed E-state index contributed by atoms with van der Waals surface area (Å²) < 4.78 is 5.83. The van der Waals surface area contributed by atoms with Gasteiger partial charge in [-0.15, -0.1) is 0 Å². The van der Waals surface area contributed by atoms with Gasteiger partial charge in [-0.3, -0.25) is 9.78 Å². The second-order valence-electron chi connectivity index (χ2n) is 4.60. The van der Waals surface area contributed by atoms with Crippen molar-refractivity contribution in [1.29, 1.82) is 0 Å². The molecule has 0 aliphatic heterocycles. The second-order valence-corrected chi connectivity index (χ2v) is 5.03. The maximum absolute atomic E-state index is 11.8. The molecule has 1 N–H and O–H groups in total. The lowest BCUT2D eigenvalue weighted by atomic mass is 10.1. The lowest BCUT2D eigenvalue weighted by Gasteiger charge is -2.10. The molecule has 1 heterocycles. The van der Waals surface area contributed by atoms with Crippen LogP contribution in [0.5, 0.6) is 5.75 Å². The molecule has 4 nitrogen and oxygen atoms in total. The van der Waals surface area contributed by atoms with Crippen LogP contribution < -0.4 is 10.1 Å². The average Bonchev–Trinajstić information content (AvgIpc) is 3.21. The third-order valence-corrected chi connectivity index (χ3v) is 3.23. The molecule has 1 aromatic heterocycles. The van der Waals surface area contributed by atoms with E-state index in [9.17, 15) is 4.79 Å². The first-order chi connectivity index (χ1) is 9.17. The zero-order valence-electron chi connectivity index (χ0n) is 10.4. The number of carbonyl (C=O) groups excluding carboxylic acids is 1. The molecule has 0 saturated heterocycles. The fraction of sp³-hybridized carbons (Fsp3) is 0.286. The summed E-state index contributed by atoms with van der Waals surface area (Å²) in [6.07, 6.45) is 3.95. The molecule has 0 bridgehead atoms. The number of rotatable bonds is 3. The molecule has 19 heavy (non-hydrogen) atoms. The first-order valence-corrected chi connectivity index (χ1v) is 6.53. The summed E-state index contributed by atoms with van der Waals surface area (Å²) in [5.41, 5.74) is 1.29. The number of hydrogen-bond donors (Lipinski definition) is 1. The Labute approximate surface area is 115 Å². The first-order valence-electron chi connectivity index (χ1n) is 6.15. The molecule has 0 atom stereocenters. The normalized spacial score (nSPS) is 14.4. The van der Waals surface area contributed by atoms with Crippen molar-refractivity contribution in [2.45, 2.75) is 18.9 Å². The third-order valence-electron chi connectivity index (χ3n) is 3.02. The summed E-state index contributed by atoms with van der Waals surface area (Å²) in [5.74, 6) is 0.498. The van der Waals surface area contributed by atoms with E-state index >= 15 is 0 Å². The van der Waals surface area contributed by atoms with Crippen LogP contribution in [0.25, 0.3) is 10.9 Å². The maximum atomic E-state index is 11.8. The predicted octanol–water partition coefficient (Wildman–Crippen LogP) is 2.79. The quantitative estimate of drug-likeness (QED) is 0.938. The predicted molar refractivity (Wildman–Crippen MR) is 73.8 cm³/mol. The molecule has 1 aliphatic carbocycles. The number of pyridine rings is 1. The summed E-state index contributed by atoms with van der Waals surface area (Å²) >= 11 is 5.95. The van der Waals surface area contributed by atoms with Crippen LogP contribution in [-0.2, 0) is 0 Å². The molecule has 0 unspecified atom stereocenters. The van der Waals surface area contributed by atoms with Gasteiger partial charge in [-0.05, 0) is 31.0 Å². The molecule has 1 aliphatic rings. The topological polar surface area (TPSA) is 51.2 Å². The van der Waals surface area contributed by atoms with Gasteiger partial charge in [0.05, 0.1) is 11.1 Å². The van der Waals surface area contributed by atoms with E-state index in [1.165, 1.54) is 0 Å². The monoisotopic (exact) mass is 276 g/mol. The molecule has 3 rings (SSSR count). The van der Waals surface area contributed by atoms with E-state index in [1.54, 1.807) is 31.4 Å². The van der Waals surface area contributed by atoms with Crippen LogP contribution in [0.3, 0.4) is 0 Å². The summed E-state index contributed by atoms with van der Waals surface area (Å²) in [6, 6.07) is 5.29. The van der Waals surface area contributed by atoms with E-state index in [0.717, 1.165) is 23.7 Å². The van der Waals surface area contributed by atoms with Crippen LogP contribution in [0.2, 0.25) is 5.02 Å². The number of hydrogen-bond acceptors (Lipinski definition) is 3. The van der Waals surface area contributed by atoms with E-state index in [4.69, 9.17) is 16.3 Å². The Hall–Kier alpha value is -1.81. The number of nitrogens with one attached hydrogen (secondary N) is 1. The first kappa shape index (κ1) is 12.2. The molecule has 0 spiro atoms. The standard InChI is InChI=1S/C14H13ClN2O2/c1-16-14(18)9-4-8-5-10(15)7-17-13(8)12(6-9)19-11-2-3-11/h4-7,11H,2-3H2,1H3,(H,16,18). The smallest absolute Gasteiger partial charge is 0.251 e. The molecule has 1 amide bonds. The number of ether oxygens (including phenoxy) is 1. The van der Waals surface area contributed by atoms with Gasteiger partial charge < -0.3 is 10.1 Å². The number of amides is 1. The number of benzene rings is 1. The Morgan fingerprint density at radius 2 is 2.21 bits per heavy atom. The van der Waals surface area contributed by atoms with Crippen LogP contribution in [-0.4, -0.2) is 24.0 Å². The Balaban J connectivity index is 2.15. The average molecular weight is 277 g/mol. The summed E-state index contributed by atoms with van der Waals surface area (Å²) in [7, 11) is 1.60. The molecule has 1 fully saturated rings. The largest absolute Gasteiger partial charge is 0.488 e. The van der Waals surface area contributed by atoms with Crippen molar-refractivity contribution in [1.82, 2.24) is 10.3 Å². The Bertz CT molecular complexity index is 653. The van der Waals surface area contributed by atoms with E-state index < -0.39 is 0 Å². The van der Waals surface area contributed by atoms with Gasteiger partial charge in [0.2, 0.25) is 0 Å². The van der Waals surface area contributed by atoms with Crippen LogP contribution in [0.1, 0.15) is 23.2 Å². The molecule has 1 saturated carbocycles. The Kier molecular flexibility index (Phi) is 3.03. The van der Waals surface area contributed by atoms with E-state index in [0.29, 0.717) is 16.3 Å². The van der Waals surface area contributed by atoms with Crippen molar-refractivity contribution in [2.24, 2.45) is 0 Å². The van der Waals surface area contributed by atoms with Gasteiger partial charge in [0.15, 0.2) is 0 Å². The number of carbonyl (C=O) groups is 1. The van der Waals surface area contributed by atoms with Gasteiger partial charge in [0.25, 0.3) is 5.91 Å². The number of nitrogens with zero attached hydrogens (tertiary/aromatic N) is 1.